The minimum atomic E-state index is -3.30. The van der Waals surface area contributed by atoms with Crippen LogP contribution >= 0.6 is 0 Å². The first-order valence-electron chi connectivity index (χ1n) is 8.59. The largest absolute Gasteiger partial charge is 0.354 e. The van der Waals surface area contributed by atoms with Crippen molar-refractivity contribution in [3.63, 3.8) is 0 Å². The summed E-state index contributed by atoms with van der Waals surface area (Å²) in [5.74, 6) is 0.552. The zero-order valence-electron chi connectivity index (χ0n) is 14.8. The molecule has 0 N–H and O–H groups in total. The summed E-state index contributed by atoms with van der Waals surface area (Å²) in [6.45, 7) is 2.90. The van der Waals surface area contributed by atoms with Gasteiger partial charge in [0.15, 0.2) is 9.84 Å². The quantitative estimate of drug-likeness (QED) is 0.821. The van der Waals surface area contributed by atoms with Crippen LogP contribution in [0.25, 0.3) is 0 Å². The number of pyridine rings is 1. The van der Waals surface area contributed by atoms with E-state index in [4.69, 9.17) is 0 Å². The van der Waals surface area contributed by atoms with Crippen LogP contribution < -0.4 is 4.90 Å². The Morgan fingerprint density at radius 1 is 1.20 bits per heavy atom. The standard InChI is InChI=1S/C19H25N3O2S/c1-21(19-18(25(2,23)24)11-6-12-20-19)17-10-7-13-22(15-17)14-16-8-4-3-5-9-16/h3-6,8-9,11-12,17H,7,10,13-15H2,1-2H3. The van der Waals surface area contributed by atoms with Crippen LogP contribution in [0, 0.1) is 0 Å². The molecule has 1 unspecified atom stereocenters. The van der Waals surface area contributed by atoms with Gasteiger partial charge in [-0.25, -0.2) is 13.4 Å². The van der Waals surface area contributed by atoms with E-state index in [9.17, 15) is 8.42 Å². The highest BCUT2D eigenvalue weighted by Gasteiger charge is 2.27. The van der Waals surface area contributed by atoms with Crippen molar-refractivity contribution in [2.24, 2.45) is 0 Å². The van der Waals surface area contributed by atoms with Crippen LogP contribution in [0.2, 0.25) is 0 Å². The molecular formula is C19H25N3O2S. The molecule has 1 aromatic heterocycles. The summed E-state index contributed by atoms with van der Waals surface area (Å²) in [6, 6.07) is 14.0. The molecule has 1 aromatic carbocycles. The van der Waals surface area contributed by atoms with Crippen LogP contribution in [0.15, 0.2) is 53.6 Å². The Morgan fingerprint density at radius 3 is 2.68 bits per heavy atom. The highest BCUT2D eigenvalue weighted by Crippen LogP contribution is 2.26. The lowest BCUT2D eigenvalue weighted by molar-refractivity contribution is 0.198. The number of benzene rings is 1. The zero-order chi connectivity index (χ0) is 17.9. The SMILES string of the molecule is CN(c1ncccc1S(C)(=O)=O)C1CCCN(Cc2ccccc2)C1. The van der Waals surface area contributed by atoms with Crippen molar-refractivity contribution in [1.82, 2.24) is 9.88 Å². The lowest BCUT2D eigenvalue weighted by atomic mass is 10.0. The van der Waals surface area contributed by atoms with Gasteiger partial charge < -0.3 is 4.90 Å². The Balaban J connectivity index is 1.76. The summed E-state index contributed by atoms with van der Waals surface area (Å²) in [6.07, 6.45) is 5.04. The molecule has 0 saturated carbocycles. The molecule has 0 radical (unpaired) electrons. The Labute approximate surface area is 150 Å². The van der Waals surface area contributed by atoms with Gasteiger partial charge in [-0.15, -0.1) is 0 Å². The van der Waals surface area contributed by atoms with E-state index in [1.54, 1.807) is 18.3 Å². The molecule has 0 aliphatic carbocycles. The van der Waals surface area contributed by atoms with E-state index in [2.05, 4.69) is 34.1 Å². The Kier molecular flexibility index (Phi) is 5.39. The van der Waals surface area contributed by atoms with Crippen LogP contribution in [-0.2, 0) is 16.4 Å². The second kappa shape index (κ2) is 7.54. The topological polar surface area (TPSA) is 53.5 Å². The molecule has 0 spiro atoms. The second-order valence-corrected chi connectivity index (χ2v) is 8.71. The minimum absolute atomic E-state index is 0.257. The average Bonchev–Trinajstić information content (AvgIpc) is 2.61. The normalized spacial score (nSPS) is 18.9. The molecule has 134 valence electrons. The number of likely N-dealkylation sites (tertiary alicyclic amines) is 1. The van der Waals surface area contributed by atoms with Crippen molar-refractivity contribution in [2.45, 2.75) is 30.3 Å². The van der Waals surface area contributed by atoms with Crippen molar-refractivity contribution in [3.05, 3.63) is 54.2 Å². The summed E-state index contributed by atoms with van der Waals surface area (Å²) >= 11 is 0. The predicted molar refractivity (Wildman–Crippen MR) is 100 cm³/mol. The number of piperidine rings is 1. The van der Waals surface area contributed by atoms with Gasteiger partial charge in [-0.1, -0.05) is 30.3 Å². The smallest absolute Gasteiger partial charge is 0.179 e. The summed E-state index contributed by atoms with van der Waals surface area (Å²) < 4.78 is 24.1. The van der Waals surface area contributed by atoms with Gasteiger partial charge in [-0.2, -0.15) is 0 Å². The molecule has 1 atom stereocenters. The minimum Gasteiger partial charge on any atom is -0.354 e. The maximum absolute atomic E-state index is 12.1. The molecule has 3 rings (SSSR count). The van der Waals surface area contributed by atoms with Gasteiger partial charge in [0.1, 0.15) is 10.7 Å². The molecule has 0 bridgehead atoms. The van der Waals surface area contributed by atoms with E-state index < -0.39 is 9.84 Å². The third-order valence-corrected chi connectivity index (χ3v) is 5.88. The molecule has 1 fully saturated rings. The lowest BCUT2D eigenvalue weighted by Crippen LogP contribution is -2.46. The lowest BCUT2D eigenvalue weighted by Gasteiger charge is -2.38. The fourth-order valence-corrected chi connectivity index (χ4v) is 4.30. The predicted octanol–water partition coefficient (Wildman–Crippen LogP) is 2.59. The van der Waals surface area contributed by atoms with Crippen molar-refractivity contribution in [2.75, 3.05) is 31.3 Å². The van der Waals surface area contributed by atoms with Gasteiger partial charge >= 0.3 is 0 Å². The van der Waals surface area contributed by atoms with Crippen LogP contribution in [0.3, 0.4) is 0 Å². The maximum atomic E-state index is 12.1. The molecule has 5 nitrogen and oxygen atoms in total. The highest BCUT2D eigenvalue weighted by molar-refractivity contribution is 7.90. The fourth-order valence-electron chi connectivity index (χ4n) is 3.44. The first-order valence-corrected chi connectivity index (χ1v) is 10.5. The van der Waals surface area contributed by atoms with Crippen molar-refractivity contribution in [3.8, 4) is 0 Å². The van der Waals surface area contributed by atoms with Gasteiger partial charge in [0, 0.05) is 38.6 Å². The van der Waals surface area contributed by atoms with E-state index in [-0.39, 0.29) is 6.04 Å². The van der Waals surface area contributed by atoms with Crippen LogP contribution in [0.4, 0.5) is 5.82 Å². The summed E-state index contributed by atoms with van der Waals surface area (Å²) in [5, 5.41) is 0. The Bertz CT molecular complexity index is 808. The van der Waals surface area contributed by atoms with Gasteiger partial charge in [0.2, 0.25) is 0 Å². The maximum Gasteiger partial charge on any atom is 0.179 e. The fraction of sp³-hybridized carbons (Fsp3) is 0.421. The van der Waals surface area contributed by atoms with Gasteiger partial charge in [0.05, 0.1) is 0 Å². The van der Waals surface area contributed by atoms with Gasteiger partial charge in [-0.05, 0) is 37.1 Å². The van der Waals surface area contributed by atoms with E-state index in [0.717, 1.165) is 32.5 Å². The Morgan fingerprint density at radius 2 is 1.96 bits per heavy atom. The van der Waals surface area contributed by atoms with Gasteiger partial charge in [-0.3, -0.25) is 4.90 Å². The molecule has 6 heteroatoms. The van der Waals surface area contributed by atoms with Crippen molar-refractivity contribution >= 4 is 15.7 Å². The van der Waals surface area contributed by atoms with E-state index in [1.165, 1.54) is 11.8 Å². The van der Waals surface area contributed by atoms with Crippen molar-refractivity contribution < 1.29 is 8.42 Å². The zero-order valence-corrected chi connectivity index (χ0v) is 15.6. The van der Waals surface area contributed by atoms with Crippen molar-refractivity contribution in [1.29, 1.82) is 0 Å². The molecule has 2 heterocycles. The molecule has 0 amide bonds. The summed E-state index contributed by atoms with van der Waals surface area (Å²) in [5.41, 5.74) is 1.31. The number of hydrogen-bond acceptors (Lipinski definition) is 5. The Hall–Kier alpha value is -1.92. The second-order valence-electron chi connectivity index (χ2n) is 6.72. The van der Waals surface area contributed by atoms with E-state index in [0.29, 0.717) is 10.7 Å². The number of sulfone groups is 1. The molecular weight excluding hydrogens is 334 g/mol. The summed E-state index contributed by atoms with van der Waals surface area (Å²) in [4.78, 5) is 9.13. The molecule has 25 heavy (non-hydrogen) atoms. The number of rotatable bonds is 5. The summed E-state index contributed by atoms with van der Waals surface area (Å²) in [7, 11) is -1.34. The highest BCUT2D eigenvalue weighted by atomic mass is 32.2. The van der Waals surface area contributed by atoms with E-state index >= 15 is 0 Å². The first kappa shape index (κ1) is 17.9. The monoisotopic (exact) mass is 359 g/mol. The van der Waals surface area contributed by atoms with Crippen LogP contribution in [-0.4, -0.2) is 50.7 Å². The number of nitrogens with zero attached hydrogens (tertiary/aromatic N) is 3. The van der Waals surface area contributed by atoms with Crippen LogP contribution in [0.5, 0.6) is 0 Å². The number of hydrogen-bond donors (Lipinski definition) is 0. The third kappa shape index (κ3) is 4.38. The van der Waals surface area contributed by atoms with Crippen LogP contribution in [0.1, 0.15) is 18.4 Å². The molecule has 1 saturated heterocycles. The number of aromatic nitrogens is 1. The molecule has 1 aliphatic rings. The third-order valence-electron chi connectivity index (χ3n) is 4.76. The first-order chi connectivity index (χ1) is 11.9. The molecule has 1 aliphatic heterocycles. The number of anilines is 1. The van der Waals surface area contributed by atoms with E-state index in [1.807, 2.05) is 18.0 Å². The number of likely N-dealkylation sites (N-methyl/N-ethyl adjacent to an activating group) is 1. The average molecular weight is 359 g/mol. The molecule has 2 aromatic rings. The van der Waals surface area contributed by atoms with Gasteiger partial charge in [0.25, 0.3) is 0 Å².